The molecule has 2 heteroatoms. The normalized spacial score (nSPS) is 11.3. The minimum atomic E-state index is 0.299. The molecule has 2 aromatic rings. The number of rotatable bonds is 7. The summed E-state index contributed by atoms with van der Waals surface area (Å²) < 4.78 is 0. The molecule has 0 fully saturated rings. The van der Waals surface area contributed by atoms with Gasteiger partial charge in [-0.05, 0) is 67.5 Å². The lowest BCUT2D eigenvalue weighted by Crippen LogP contribution is -2.04. The number of aromatic hydroxyl groups is 2. The highest BCUT2D eigenvalue weighted by atomic mass is 16.3. The Bertz CT molecular complexity index is 627. The number of phenols is 2. The highest BCUT2D eigenvalue weighted by molar-refractivity contribution is 5.49. The molecule has 25 heavy (non-hydrogen) atoms. The van der Waals surface area contributed by atoms with Gasteiger partial charge in [-0.3, -0.25) is 0 Å². The predicted octanol–water partition coefficient (Wildman–Crippen LogP) is 6.43. The third-order valence-electron chi connectivity index (χ3n) is 5.18. The smallest absolute Gasteiger partial charge is 0.121 e. The van der Waals surface area contributed by atoms with Crippen molar-refractivity contribution in [1.29, 1.82) is 0 Å². The first-order valence-corrected chi connectivity index (χ1v) is 9.45. The van der Waals surface area contributed by atoms with Crippen LogP contribution in [0.25, 0.3) is 0 Å². The fourth-order valence-electron chi connectivity index (χ4n) is 3.68. The third-order valence-corrected chi connectivity index (χ3v) is 5.18. The monoisotopic (exact) mass is 340 g/mol. The fourth-order valence-corrected chi connectivity index (χ4v) is 3.68. The quantitative estimate of drug-likeness (QED) is 0.570. The maximum absolute atomic E-state index is 10.1. The first kappa shape index (κ1) is 19.4. The minimum absolute atomic E-state index is 0.299. The van der Waals surface area contributed by atoms with Crippen LogP contribution < -0.4 is 0 Å². The van der Waals surface area contributed by atoms with Crippen molar-refractivity contribution in [3.8, 4) is 11.5 Å². The van der Waals surface area contributed by atoms with E-state index in [-0.39, 0.29) is 0 Å². The van der Waals surface area contributed by atoms with E-state index in [0.717, 1.165) is 28.7 Å². The van der Waals surface area contributed by atoms with Crippen LogP contribution in [0.5, 0.6) is 11.5 Å². The number of phenolic OH excluding ortho intramolecular Hbond substituents is 2. The van der Waals surface area contributed by atoms with Gasteiger partial charge in [-0.2, -0.15) is 0 Å². The minimum Gasteiger partial charge on any atom is -0.507 e. The molecule has 0 atom stereocenters. The molecule has 0 saturated carbocycles. The van der Waals surface area contributed by atoms with E-state index in [1.54, 1.807) is 0 Å². The summed E-state index contributed by atoms with van der Waals surface area (Å²) in [5.74, 6) is 1.09. The Hall–Kier alpha value is -1.96. The molecule has 0 amide bonds. The van der Waals surface area contributed by atoms with Crippen LogP contribution in [-0.2, 0) is 0 Å². The summed E-state index contributed by atoms with van der Waals surface area (Å²) in [6.45, 7) is 10.1. The van der Waals surface area contributed by atoms with E-state index in [1.807, 2.05) is 27.7 Å². The highest BCUT2D eigenvalue weighted by Crippen LogP contribution is 2.36. The lowest BCUT2D eigenvalue weighted by atomic mass is 9.84. The Balaban J connectivity index is 2.43. The van der Waals surface area contributed by atoms with Crippen molar-refractivity contribution in [3.05, 3.63) is 57.6 Å². The molecule has 0 aliphatic carbocycles. The van der Waals surface area contributed by atoms with Gasteiger partial charge in [0.2, 0.25) is 0 Å². The van der Waals surface area contributed by atoms with Crippen molar-refractivity contribution in [1.82, 2.24) is 0 Å². The number of benzene rings is 2. The van der Waals surface area contributed by atoms with Crippen LogP contribution >= 0.6 is 0 Å². The summed E-state index contributed by atoms with van der Waals surface area (Å²) in [5, 5.41) is 20.2. The van der Waals surface area contributed by atoms with Crippen LogP contribution in [0.15, 0.2) is 24.3 Å². The Kier molecular flexibility index (Phi) is 6.52. The molecule has 0 unspecified atom stereocenters. The van der Waals surface area contributed by atoms with Crippen LogP contribution in [0.1, 0.15) is 78.3 Å². The van der Waals surface area contributed by atoms with Crippen LogP contribution in [-0.4, -0.2) is 10.2 Å². The molecule has 0 aliphatic heterocycles. The maximum atomic E-state index is 10.1. The second kappa shape index (κ2) is 8.42. The van der Waals surface area contributed by atoms with Gasteiger partial charge < -0.3 is 10.2 Å². The summed E-state index contributed by atoms with van der Waals surface area (Å²) >= 11 is 0. The van der Waals surface area contributed by atoms with E-state index in [1.165, 1.54) is 36.8 Å². The summed E-state index contributed by atoms with van der Waals surface area (Å²) in [4.78, 5) is 0. The van der Waals surface area contributed by atoms with E-state index >= 15 is 0 Å². The Morgan fingerprint density at radius 1 is 0.680 bits per heavy atom. The third kappa shape index (κ3) is 4.56. The summed E-state index contributed by atoms with van der Waals surface area (Å²) in [6, 6.07) is 8.46. The Labute approximate surface area is 152 Å². The van der Waals surface area contributed by atoms with Gasteiger partial charge in [0.25, 0.3) is 0 Å². The summed E-state index contributed by atoms with van der Waals surface area (Å²) in [6.07, 6.45) is 6.04. The van der Waals surface area contributed by atoms with Gasteiger partial charge in [-0.1, -0.05) is 56.9 Å². The van der Waals surface area contributed by atoms with Crippen molar-refractivity contribution >= 4 is 0 Å². The SMILES string of the molecule is CCCCCCC(c1cc(C)c(O)c(C)c1)c1cc(C)c(O)c(C)c1. The van der Waals surface area contributed by atoms with Crippen LogP contribution in [0, 0.1) is 27.7 Å². The largest absolute Gasteiger partial charge is 0.507 e. The van der Waals surface area contributed by atoms with E-state index < -0.39 is 0 Å². The summed E-state index contributed by atoms with van der Waals surface area (Å²) in [5.41, 5.74) is 6.24. The molecule has 136 valence electrons. The highest BCUT2D eigenvalue weighted by Gasteiger charge is 2.18. The molecule has 0 radical (unpaired) electrons. The second-order valence-electron chi connectivity index (χ2n) is 7.41. The van der Waals surface area contributed by atoms with Crippen molar-refractivity contribution in [2.75, 3.05) is 0 Å². The average Bonchev–Trinajstić information content (AvgIpc) is 2.57. The van der Waals surface area contributed by atoms with Gasteiger partial charge in [0.05, 0.1) is 0 Å². The lowest BCUT2D eigenvalue weighted by molar-refractivity contribution is 0.465. The molecule has 2 N–H and O–H groups in total. The van der Waals surface area contributed by atoms with Gasteiger partial charge in [0, 0.05) is 5.92 Å². The molecule has 2 rings (SSSR count). The standard InChI is InChI=1S/C23H32O2/c1-6-7-8-9-10-21(19-11-15(2)22(24)16(3)12-19)20-13-17(4)23(25)18(5)14-20/h11-14,21,24-25H,6-10H2,1-5H3. The second-order valence-corrected chi connectivity index (χ2v) is 7.41. The van der Waals surface area contributed by atoms with Gasteiger partial charge in [-0.15, -0.1) is 0 Å². The van der Waals surface area contributed by atoms with E-state index in [4.69, 9.17) is 0 Å². The van der Waals surface area contributed by atoms with Gasteiger partial charge in [-0.25, -0.2) is 0 Å². The molecule has 2 aromatic carbocycles. The summed E-state index contributed by atoms with van der Waals surface area (Å²) in [7, 11) is 0. The van der Waals surface area contributed by atoms with Gasteiger partial charge in [0.1, 0.15) is 11.5 Å². The molecule has 0 heterocycles. The van der Waals surface area contributed by atoms with Crippen molar-refractivity contribution < 1.29 is 10.2 Å². The molecule has 2 nitrogen and oxygen atoms in total. The fraction of sp³-hybridized carbons (Fsp3) is 0.478. The lowest BCUT2D eigenvalue weighted by Gasteiger charge is -2.21. The Morgan fingerprint density at radius 3 is 1.44 bits per heavy atom. The molecule has 0 aromatic heterocycles. The van der Waals surface area contributed by atoms with Crippen molar-refractivity contribution in [3.63, 3.8) is 0 Å². The molecular formula is C23H32O2. The number of aryl methyl sites for hydroxylation is 4. The topological polar surface area (TPSA) is 40.5 Å². The average molecular weight is 341 g/mol. The van der Waals surface area contributed by atoms with Gasteiger partial charge in [0.15, 0.2) is 0 Å². The van der Waals surface area contributed by atoms with Crippen LogP contribution in [0.3, 0.4) is 0 Å². The molecule has 0 bridgehead atoms. The van der Waals surface area contributed by atoms with Crippen LogP contribution in [0.2, 0.25) is 0 Å². The molecule has 0 aliphatic rings. The first-order valence-electron chi connectivity index (χ1n) is 9.45. The number of hydrogen-bond acceptors (Lipinski definition) is 2. The molecular weight excluding hydrogens is 308 g/mol. The molecule has 0 spiro atoms. The number of hydrogen-bond donors (Lipinski definition) is 2. The zero-order valence-electron chi connectivity index (χ0n) is 16.3. The van der Waals surface area contributed by atoms with E-state index in [2.05, 4.69) is 31.2 Å². The van der Waals surface area contributed by atoms with E-state index in [9.17, 15) is 10.2 Å². The predicted molar refractivity (Wildman–Crippen MR) is 106 cm³/mol. The van der Waals surface area contributed by atoms with Crippen molar-refractivity contribution in [2.24, 2.45) is 0 Å². The van der Waals surface area contributed by atoms with Crippen molar-refractivity contribution in [2.45, 2.75) is 72.6 Å². The zero-order chi connectivity index (χ0) is 18.6. The van der Waals surface area contributed by atoms with E-state index in [0.29, 0.717) is 17.4 Å². The number of unbranched alkanes of at least 4 members (excludes halogenated alkanes) is 3. The zero-order valence-corrected chi connectivity index (χ0v) is 16.3. The Morgan fingerprint density at radius 2 is 1.08 bits per heavy atom. The van der Waals surface area contributed by atoms with Crippen LogP contribution in [0.4, 0.5) is 0 Å². The molecule has 0 saturated heterocycles. The maximum Gasteiger partial charge on any atom is 0.121 e. The first-order chi connectivity index (χ1) is 11.8. The van der Waals surface area contributed by atoms with Gasteiger partial charge >= 0.3 is 0 Å².